The molecule has 3 heteroatoms. The molecule has 0 fully saturated rings. The van der Waals surface area contributed by atoms with E-state index in [9.17, 15) is 4.79 Å². The number of benzene rings is 2. The molecular weight excluding hydrogens is 278 g/mol. The second-order valence-electron chi connectivity index (χ2n) is 4.75. The number of thioether (sulfide) groups is 1. The Balaban J connectivity index is 1.69. The van der Waals surface area contributed by atoms with Crippen LogP contribution in [0.25, 0.3) is 6.08 Å². The standard InChI is InChI=1S/C18H19NOS/c1-15-7-5-11-17(13-15)19-18(20)14-21-12-6-10-16-8-3-2-4-9-16/h2-11,13H,12,14H2,1H3,(H,19,20)/b10-6+. The van der Waals surface area contributed by atoms with Crippen LogP contribution in [0.3, 0.4) is 0 Å². The highest BCUT2D eigenvalue weighted by molar-refractivity contribution is 8.00. The van der Waals surface area contributed by atoms with Crippen LogP contribution in [0.15, 0.2) is 60.7 Å². The van der Waals surface area contributed by atoms with E-state index in [0.29, 0.717) is 5.75 Å². The third-order valence-electron chi connectivity index (χ3n) is 2.86. The molecule has 0 saturated carbocycles. The van der Waals surface area contributed by atoms with Gasteiger partial charge in [-0.1, -0.05) is 54.6 Å². The van der Waals surface area contributed by atoms with Crippen LogP contribution in [-0.4, -0.2) is 17.4 Å². The third kappa shape index (κ3) is 5.88. The summed E-state index contributed by atoms with van der Waals surface area (Å²) in [7, 11) is 0. The summed E-state index contributed by atoms with van der Waals surface area (Å²) < 4.78 is 0. The lowest BCUT2D eigenvalue weighted by Gasteiger charge is -2.05. The summed E-state index contributed by atoms with van der Waals surface area (Å²) in [6.07, 6.45) is 4.16. The fraction of sp³-hybridized carbons (Fsp3) is 0.167. The highest BCUT2D eigenvalue weighted by Gasteiger charge is 2.01. The minimum Gasteiger partial charge on any atom is -0.325 e. The third-order valence-corrected chi connectivity index (χ3v) is 3.75. The van der Waals surface area contributed by atoms with Gasteiger partial charge in [-0.25, -0.2) is 0 Å². The number of carbonyl (C=O) groups excluding carboxylic acids is 1. The molecule has 0 spiro atoms. The Morgan fingerprint density at radius 2 is 1.95 bits per heavy atom. The summed E-state index contributed by atoms with van der Waals surface area (Å²) >= 11 is 1.61. The second-order valence-corrected chi connectivity index (χ2v) is 5.78. The normalized spacial score (nSPS) is 10.7. The van der Waals surface area contributed by atoms with E-state index >= 15 is 0 Å². The zero-order chi connectivity index (χ0) is 14.9. The Morgan fingerprint density at radius 1 is 1.14 bits per heavy atom. The van der Waals surface area contributed by atoms with Gasteiger partial charge in [-0.3, -0.25) is 4.79 Å². The lowest BCUT2D eigenvalue weighted by molar-refractivity contribution is -0.113. The molecule has 0 heterocycles. The summed E-state index contributed by atoms with van der Waals surface area (Å²) in [5.41, 5.74) is 3.19. The van der Waals surface area contributed by atoms with Crippen molar-refractivity contribution >= 4 is 29.4 Å². The Hall–Kier alpha value is -2.00. The van der Waals surface area contributed by atoms with Crippen LogP contribution < -0.4 is 5.32 Å². The molecule has 0 aliphatic rings. The first-order chi connectivity index (χ1) is 10.2. The van der Waals surface area contributed by atoms with E-state index in [-0.39, 0.29) is 5.91 Å². The van der Waals surface area contributed by atoms with Gasteiger partial charge >= 0.3 is 0 Å². The van der Waals surface area contributed by atoms with Crippen LogP contribution in [-0.2, 0) is 4.79 Å². The van der Waals surface area contributed by atoms with E-state index in [1.54, 1.807) is 11.8 Å². The number of carbonyl (C=O) groups is 1. The van der Waals surface area contributed by atoms with Crippen molar-refractivity contribution in [2.75, 3.05) is 16.8 Å². The van der Waals surface area contributed by atoms with Gasteiger partial charge in [0.25, 0.3) is 0 Å². The SMILES string of the molecule is Cc1cccc(NC(=O)CSC/C=C/c2ccccc2)c1. The summed E-state index contributed by atoms with van der Waals surface area (Å²) in [6.45, 7) is 2.01. The van der Waals surface area contributed by atoms with Gasteiger partial charge in [-0.05, 0) is 30.2 Å². The van der Waals surface area contributed by atoms with E-state index in [1.807, 2.05) is 49.4 Å². The molecule has 2 rings (SSSR count). The van der Waals surface area contributed by atoms with Gasteiger partial charge in [0, 0.05) is 11.4 Å². The van der Waals surface area contributed by atoms with Gasteiger partial charge in [0.1, 0.15) is 0 Å². The Bertz CT molecular complexity index is 608. The molecule has 0 bridgehead atoms. The summed E-state index contributed by atoms with van der Waals surface area (Å²) in [5.74, 6) is 1.34. The molecule has 21 heavy (non-hydrogen) atoms. The van der Waals surface area contributed by atoms with Crippen molar-refractivity contribution in [3.05, 3.63) is 71.8 Å². The number of rotatable bonds is 6. The van der Waals surface area contributed by atoms with Crippen LogP contribution in [0, 0.1) is 6.92 Å². The smallest absolute Gasteiger partial charge is 0.234 e. The lowest BCUT2D eigenvalue weighted by Crippen LogP contribution is -2.14. The van der Waals surface area contributed by atoms with Crippen LogP contribution >= 0.6 is 11.8 Å². The van der Waals surface area contributed by atoms with Gasteiger partial charge in [-0.15, -0.1) is 11.8 Å². The molecule has 2 aromatic rings. The van der Waals surface area contributed by atoms with Gasteiger partial charge in [0.2, 0.25) is 5.91 Å². The van der Waals surface area contributed by atoms with Gasteiger partial charge in [-0.2, -0.15) is 0 Å². The van der Waals surface area contributed by atoms with E-state index in [4.69, 9.17) is 0 Å². The molecule has 2 nitrogen and oxygen atoms in total. The number of amides is 1. The molecule has 0 atom stereocenters. The Morgan fingerprint density at radius 3 is 2.71 bits per heavy atom. The first-order valence-corrected chi connectivity index (χ1v) is 8.05. The van der Waals surface area contributed by atoms with E-state index in [2.05, 4.69) is 29.6 Å². The van der Waals surface area contributed by atoms with Crippen molar-refractivity contribution in [3.8, 4) is 0 Å². The van der Waals surface area contributed by atoms with Crippen molar-refractivity contribution in [2.45, 2.75) is 6.92 Å². The fourth-order valence-corrected chi connectivity index (χ4v) is 2.50. The van der Waals surface area contributed by atoms with Crippen LogP contribution in [0.4, 0.5) is 5.69 Å². The predicted octanol–water partition coefficient (Wildman–Crippen LogP) is 4.38. The van der Waals surface area contributed by atoms with Crippen molar-refractivity contribution in [1.82, 2.24) is 0 Å². The molecule has 1 N–H and O–H groups in total. The van der Waals surface area contributed by atoms with E-state index in [0.717, 1.165) is 17.0 Å². The van der Waals surface area contributed by atoms with E-state index in [1.165, 1.54) is 5.56 Å². The minimum absolute atomic E-state index is 0.0405. The van der Waals surface area contributed by atoms with Crippen molar-refractivity contribution in [1.29, 1.82) is 0 Å². The monoisotopic (exact) mass is 297 g/mol. The highest BCUT2D eigenvalue weighted by atomic mass is 32.2. The molecule has 0 saturated heterocycles. The number of aryl methyl sites for hydroxylation is 1. The highest BCUT2D eigenvalue weighted by Crippen LogP contribution is 2.11. The molecule has 0 aliphatic heterocycles. The van der Waals surface area contributed by atoms with Crippen molar-refractivity contribution in [3.63, 3.8) is 0 Å². The molecule has 0 radical (unpaired) electrons. The molecule has 2 aromatic carbocycles. The molecular formula is C18H19NOS. The van der Waals surface area contributed by atoms with Crippen LogP contribution in [0.1, 0.15) is 11.1 Å². The van der Waals surface area contributed by atoms with E-state index < -0.39 is 0 Å². The predicted molar refractivity (Wildman–Crippen MR) is 92.6 cm³/mol. The number of hydrogen-bond acceptors (Lipinski definition) is 2. The van der Waals surface area contributed by atoms with Crippen molar-refractivity contribution < 1.29 is 4.79 Å². The summed E-state index contributed by atoms with van der Waals surface area (Å²) in [6, 6.07) is 18.0. The molecule has 1 amide bonds. The fourth-order valence-electron chi connectivity index (χ4n) is 1.89. The molecule has 0 unspecified atom stereocenters. The topological polar surface area (TPSA) is 29.1 Å². The maximum Gasteiger partial charge on any atom is 0.234 e. The quantitative estimate of drug-likeness (QED) is 0.802. The maximum atomic E-state index is 11.8. The maximum absolute atomic E-state index is 11.8. The number of nitrogens with one attached hydrogen (secondary N) is 1. The largest absolute Gasteiger partial charge is 0.325 e. The summed E-state index contributed by atoms with van der Waals surface area (Å²) in [5, 5.41) is 2.91. The first kappa shape index (κ1) is 15.4. The Labute approximate surface area is 130 Å². The van der Waals surface area contributed by atoms with Gasteiger partial charge in [0.15, 0.2) is 0 Å². The number of hydrogen-bond donors (Lipinski definition) is 1. The second kappa shape index (κ2) is 8.32. The van der Waals surface area contributed by atoms with Crippen molar-refractivity contribution in [2.24, 2.45) is 0 Å². The number of anilines is 1. The zero-order valence-electron chi connectivity index (χ0n) is 12.1. The average Bonchev–Trinajstić information content (AvgIpc) is 2.48. The zero-order valence-corrected chi connectivity index (χ0v) is 12.9. The Kier molecular flexibility index (Phi) is 6.10. The average molecular weight is 297 g/mol. The van der Waals surface area contributed by atoms with Gasteiger partial charge < -0.3 is 5.32 Å². The van der Waals surface area contributed by atoms with Gasteiger partial charge in [0.05, 0.1) is 5.75 Å². The minimum atomic E-state index is 0.0405. The van der Waals surface area contributed by atoms with Crippen LogP contribution in [0.2, 0.25) is 0 Å². The lowest BCUT2D eigenvalue weighted by atomic mass is 10.2. The van der Waals surface area contributed by atoms with Crippen LogP contribution in [0.5, 0.6) is 0 Å². The molecule has 0 aromatic heterocycles. The molecule has 0 aliphatic carbocycles. The first-order valence-electron chi connectivity index (χ1n) is 6.90. The molecule has 108 valence electrons. The summed E-state index contributed by atoms with van der Waals surface area (Å²) in [4.78, 5) is 11.8.